The van der Waals surface area contributed by atoms with Crippen LogP contribution in [0.2, 0.25) is 0 Å². The minimum absolute atomic E-state index is 0.00913. The van der Waals surface area contributed by atoms with Crippen molar-refractivity contribution in [3.8, 4) is 0 Å². The summed E-state index contributed by atoms with van der Waals surface area (Å²) in [4.78, 5) is 47.2. The normalized spacial score (nSPS) is 31.0. The number of aliphatic hydroxyl groups is 2. The fourth-order valence-electron chi connectivity index (χ4n) is 5.38. The van der Waals surface area contributed by atoms with Gasteiger partial charge in [0.15, 0.2) is 0 Å². The number of allylic oxidation sites excluding steroid dienone is 2. The predicted molar refractivity (Wildman–Crippen MR) is 177 cm³/mol. The molecule has 260 valence electrons. The molecule has 2 saturated heterocycles. The average Bonchev–Trinajstić information content (AvgIpc) is 2.99. The molecule has 2 aliphatic heterocycles. The maximum Gasteiger partial charge on any atom is 0.303 e. The summed E-state index contributed by atoms with van der Waals surface area (Å²) in [6, 6.07) is -0.168. The number of carbonyl (C=O) groups excluding carboxylic acids is 4. The van der Waals surface area contributed by atoms with Gasteiger partial charge in [0.05, 0.1) is 42.0 Å². The highest BCUT2D eigenvalue weighted by molar-refractivity contribution is 9.09. The van der Waals surface area contributed by atoms with Gasteiger partial charge in [-0.3, -0.25) is 19.2 Å². The van der Waals surface area contributed by atoms with Crippen LogP contribution in [0.5, 0.6) is 0 Å². The average molecular weight is 735 g/mol. The van der Waals surface area contributed by atoms with Crippen molar-refractivity contribution in [2.75, 3.05) is 24.3 Å². The Balaban J connectivity index is 1.92. The number of halogens is 2. The van der Waals surface area contributed by atoms with Crippen LogP contribution in [0.25, 0.3) is 0 Å². The van der Waals surface area contributed by atoms with Crippen LogP contribution in [0, 0.1) is 5.92 Å². The zero-order valence-corrected chi connectivity index (χ0v) is 29.5. The van der Waals surface area contributed by atoms with Crippen LogP contribution in [-0.2, 0) is 33.4 Å². The number of aliphatic hydroxyl groups excluding tert-OH is 1. The standard InChI is InChI=1S/C32H49BrClN3O9/c1-19(6-9-26-20(2)14-25(22(4)45-26)37-28(39)11-8-21(3)44-23(5)38)7-10-27-31(42)32(43,18-34)16-24(46-27)15-29(40)35-12-13-36-30(41)17-33/h6-8,10-11,20-22,24-27,31,42-43H,9,12-18H2,1-5H3,(H,35,40)(H,36,41)(H,37,39)/b10-7+,11-8-,19-6+/t20-,21-,22+,24+,25+,26-,27+,31+,32+/m0/s1. The fraction of sp³-hybridized carbons (Fsp3) is 0.688. The lowest BCUT2D eigenvalue weighted by atomic mass is 9.84. The highest BCUT2D eigenvalue weighted by Crippen LogP contribution is 2.33. The fourth-order valence-corrected chi connectivity index (χ4v) is 5.85. The van der Waals surface area contributed by atoms with Gasteiger partial charge in [-0.15, -0.1) is 11.6 Å². The minimum atomic E-state index is -1.63. The van der Waals surface area contributed by atoms with Crippen molar-refractivity contribution in [3.63, 3.8) is 0 Å². The first-order chi connectivity index (χ1) is 21.7. The van der Waals surface area contributed by atoms with E-state index in [2.05, 4.69) is 38.8 Å². The van der Waals surface area contributed by atoms with E-state index in [1.807, 2.05) is 19.9 Å². The molecule has 5 N–H and O–H groups in total. The number of carbonyl (C=O) groups is 4. The summed E-state index contributed by atoms with van der Waals surface area (Å²) in [5.74, 6) is -1.26. The molecule has 0 aromatic carbocycles. The summed E-state index contributed by atoms with van der Waals surface area (Å²) in [6.45, 7) is 9.41. The topological polar surface area (TPSA) is 173 Å². The molecule has 3 amide bonds. The van der Waals surface area contributed by atoms with E-state index in [4.69, 9.17) is 25.8 Å². The largest absolute Gasteiger partial charge is 0.459 e. The van der Waals surface area contributed by atoms with Gasteiger partial charge in [-0.05, 0) is 45.6 Å². The van der Waals surface area contributed by atoms with Crippen LogP contribution >= 0.6 is 27.5 Å². The summed E-state index contributed by atoms with van der Waals surface area (Å²) in [5.41, 5.74) is -0.744. The van der Waals surface area contributed by atoms with Crippen LogP contribution in [0.4, 0.5) is 0 Å². The third-order valence-electron chi connectivity index (χ3n) is 7.96. The Hall–Kier alpha value is -2.29. The minimum Gasteiger partial charge on any atom is -0.459 e. The van der Waals surface area contributed by atoms with Gasteiger partial charge < -0.3 is 40.4 Å². The van der Waals surface area contributed by atoms with E-state index in [0.29, 0.717) is 6.42 Å². The van der Waals surface area contributed by atoms with Crippen LogP contribution < -0.4 is 16.0 Å². The van der Waals surface area contributed by atoms with E-state index in [0.717, 1.165) is 12.0 Å². The van der Waals surface area contributed by atoms with Crippen LogP contribution in [0.3, 0.4) is 0 Å². The molecule has 0 aromatic rings. The van der Waals surface area contributed by atoms with Gasteiger partial charge >= 0.3 is 5.97 Å². The Morgan fingerprint density at radius 2 is 1.78 bits per heavy atom. The maximum absolute atomic E-state index is 12.5. The SMILES string of the molecule is CC(=O)O[C@@H](C)/C=C\C(=O)N[C@@H]1C[C@H](C)[C@H](C/C=C(C)/C=C/[C@H]2O[C@H](CC(=O)NCCNC(=O)CBr)C[C@@](O)(CCl)[C@@H]2O)O[C@@H]1C. The number of amides is 3. The molecule has 2 fully saturated rings. The number of hydrogen-bond donors (Lipinski definition) is 5. The van der Waals surface area contributed by atoms with Crippen molar-refractivity contribution < 1.29 is 43.6 Å². The summed E-state index contributed by atoms with van der Waals surface area (Å²) in [7, 11) is 0. The molecule has 14 heteroatoms. The Bertz CT molecular complexity index is 1140. The molecule has 0 aromatic heterocycles. The number of nitrogens with one attached hydrogen (secondary N) is 3. The Morgan fingerprint density at radius 3 is 2.41 bits per heavy atom. The molecular formula is C32H49BrClN3O9. The number of ether oxygens (including phenoxy) is 3. The van der Waals surface area contributed by atoms with Crippen molar-refractivity contribution in [2.24, 2.45) is 5.92 Å². The van der Waals surface area contributed by atoms with Crippen molar-refractivity contribution in [1.82, 2.24) is 16.0 Å². The van der Waals surface area contributed by atoms with Crippen LogP contribution in [0.15, 0.2) is 36.0 Å². The van der Waals surface area contributed by atoms with Crippen molar-refractivity contribution in [1.29, 1.82) is 0 Å². The summed E-state index contributed by atoms with van der Waals surface area (Å²) in [5, 5.41) is 30.3. The highest BCUT2D eigenvalue weighted by Gasteiger charge is 2.47. The van der Waals surface area contributed by atoms with Gasteiger partial charge in [0.2, 0.25) is 17.7 Å². The molecule has 0 spiro atoms. The summed E-state index contributed by atoms with van der Waals surface area (Å²) < 4.78 is 17.2. The van der Waals surface area contributed by atoms with Crippen molar-refractivity contribution in [3.05, 3.63) is 36.0 Å². The molecule has 12 nitrogen and oxygen atoms in total. The van der Waals surface area contributed by atoms with Gasteiger partial charge in [0.1, 0.15) is 23.9 Å². The Kier molecular flexibility index (Phi) is 16.9. The maximum atomic E-state index is 12.5. The lowest BCUT2D eigenvalue weighted by Gasteiger charge is -2.43. The molecule has 0 radical (unpaired) electrons. The third kappa shape index (κ3) is 13.4. The first-order valence-corrected chi connectivity index (χ1v) is 17.2. The summed E-state index contributed by atoms with van der Waals surface area (Å²) in [6.07, 6.45) is 6.02. The number of hydrogen-bond acceptors (Lipinski definition) is 9. The zero-order chi connectivity index (χ0) is 34.4. The molecule has 0 aliphatic carbocycles. The smallest absolute Gasteiger partial charge is 0.303 e. The zero-order valence-electron chi connectivity index (χ0n) is 27.2. The lowest BCUT2D eigenvalue weighted by Crippen LogP contribution is -2.58. The van der Waals surface area contributed by atoms with Crippen LogP contribution in [0.1, 0.15) is 60.3 Å². The van der Waals surface area contributed by atoms with Crippen molar-refractivity contribution >= 4 is 51.2 Å². The first kappa shape index (κ1) is 39.9. The summed E-state index contributed by atoms with van der Waals surface area (Å²) >= 11 is 9.09. The Morgan fingerprint density at radius 1 is 1.11 bits per heavy atom. The predicted octanol–water partition coefficient (Wildman–Crippen LogP) is 2.19. The van der Waals surface area contributed by atoms with E-state index in [9.17, 15) is 29.4 Å². The third-order valence-corrected chi connectivity index (χ3v) is 8.94. The van der Waals surface area contributed by atoms with Gasteiger partial charge in [-0.2, -0.15) is 0 Å². The quantitative estimate of drug-likeness (QED) is 0.0556. The van der Waals surface area contributed by atoms with Crippen LogP contribution in [-0.4, -0.2) is 106 Å². The van der Waals surface area contributed by atoms with E-state index in [1.54, 1.807) is 19.1 Å². The number of esters is 1. The number of rotatable bonds is 15. The van der Waals surface area contributed by atoms with Crippen molar-refractivity contribution in [2.45, 2.75) is 109 Å². The highest BCUT2D eigenvalue weighted by atomic mass is 79.9. The molecule has 0 unspecified atom stereocenters. The van der Waals surface area contributed by atoms with E-state index in [-0.39, 0.29) is 79.0 Å². The molecule has 2 aliphatic rings. The lowest BCUT2D eigenvalue weighted by molar-refractivity contribution is -0.195. The molecule has 0 saturated carbocycles. The van der Waals surface area contributed by atoms with Gasteiger partial charge in [-0.25, -0.2) is 0 Å². The van der Waals surface area contributed by atoms with Gasteiger partial charge in [0, 0.05) is 32.5 Å². The monoisotopic (exact) mass is 733 g/mol. The molecule has 2 rings (SSSR count). The first-order valence-electron chi connectivity index (χ1n) is 15.5. The second-order valence-corrected chi connectivity index (χ2v) is 12.9. The van der Waals surface area contributed by atoms with E-state index >= 15 is 0 Å². The Labute approximate surface area is 284 Å². The second kappa shape index (κ2) is 19.5. The van der Waals surface area contributed by atoms with E-state index < -0.39 is 36.0 Å². The molecule has 2 heterocycles. The van der Waals surface area contributed by atoms with Gasteiger partial charge in [0.25, 0.3) is 0 Å². The second-order valence-electron chi connectivity index (χ2n) is 12.1. The molecular weight excluding hydrogens is 686 g/mol. The van der Waals surface area contributed by atoms with E-state index in [1.165, 1.54) is 19.1 Å². The number of alkyl halides is 2. The molecule has 9 atom stereocenters. The van der Waals surface area contributed by atoms with Gasteiger partial charge in [-0.1, -0.05) is 46.7 Å². The molecule has 46 heavy (non-hydrogen) atoms. The molecule has 0 bridgehead atoms.